The van der Waals surface area contributed by atoms with Crippen molar-refractivity contribution in [3.8, 4) is 0 Å². The third-order valence-corrected chi connectivity index (χ3v) is 4.02. The van der Waals surface area contributed by atoms with Crippen molar-refractivity contribution in [3.05, 3.63) is 53.1 Å². The standard InChI is InChI=1S/C18H24F2N4/c1-12-8-14(10-24-16(12)4-5-18(19)20)9-22-11-15-13(2)23-7-6-17(15)21-3/h6-8,10-11,17-18,21-22H,4-5,9H2,1-3H3/b15-11-. The zero-order chi connectivity index (χ0) is 17.5. The van der Waals surface area contributed by atoms with Crippen LogP contribution in [0.25, 0.3) is 0 Å². The molecule has 0 amide bonds. The molecule has 130 valence electrons. The molecule has 1 atom stereocenters. The first-order valence-corrected chi connectivity index (χ1v) is 8.06. The number of nitrogens with one attached hydrogen (secondary N) is 2. The topological polar surface area (TPSA) is 49.3 Å². The van der Waals surface area contributed by atoms with Crippen molar-refractivity contribution in [1.29, 1.82) is 0 Å². The van der Waals surface area contributed by atoms with Crippen molar-refractivity contribution >= 4 is 5.71 Å². The summed E-state index contributed by atoms with van der Waals surface area (Å²) < 4.78 is 24.6. The van der Waals surface area contributed by atoms with Crippen molar-refractivity contribution < 1.29 is 8.78 Å². The molecule has 0 spiro atoms. The van der Waals surface area contributed by atoms with Gasteiger partial charge in [-0.25, -0.2) is 8.78 Å². The van der Waals surface area contributed by atoms with Crippen molar-refractivity contribution in [2.24, 2.45) is 4.99 Å². The first kappa shape index (κ1) is 18.3. The van der Waals surface area contributed by atoms with Crippen LogP contribution in [0.5, 0.6) is 0 Å². The minimum absolute atomic E-state index is 0.144. The Bertz CT molecular complexity index is 650. The molecule has 1 aromatic rings. The van der Waals surface area contributed by atoms with Crippen molar-refractivity contribution in [2.75, 3.05) is 7.05 Å². The van der Waals surface area contributed by atoms with Gasteiger partial charge in [0.1, 0.15) is 0 Å². The summed E-state index contributed by atoms with van der Waals surface area (Å²) in [6.07, 6.45) is 5.40. The summed E-state index contributed by atoms with van der Waals surface area (Å²) in [5.41, 5.74) is 4.79. The van der Waals surface area contributed by atoms with E-state index in [4.69, 9.17) is 0 Å². The Morgan fingerprint density at radius 1 is 1.33 bits per heavy atom. The summed E-state index contributed by atoms with van der Waals surface area (Å²) in [5, 5.41) is 6.51. The number of hydrogen-bond acceptors (Lipinski definition) is 4. The molecule has 2 heterocycles. The van der Waals surface area contributed by atoms with Gasteiger partial charge in [0, 0.05) is 48.5 Å². The van der Waals surface area contributed by atoms with Gasteiger partial charge in [-0.15, -0.1) is 0 Å². The van der Waals surface area contributed by atoms with Crippen LogP contribution < -0.4 is 10.6 Å². The number of nitrogens with zero attached hydrogens (tertiary/aromatic N) is 2. The zero-order valence-corrected chi connectivity index (χ0v) is 14.3. The molecule has 4 nitrogen and oxygen atoms in total. The second-order valence-corrected chi connectivity index (χ2v) is 5.84. The van der Waals surface area contributed by atoms with Gasteiger partial charge in [0.25, 0.3) is 0 Å². The van der Waals surface area contributed by atoms with E-state index in [2.05, 4.69) is 20.6 Å². The second-order valence-electron chi connectivity index (χ2n) is 5.84. The molecule has 0 fully saturated rings. The van der Waals surface area contributed by atoms with Gasteiger partial charge in [0.15, 0.2) is 0 Å². The number of alkyl halides is 2. The SMILES string of the molecule is CNC1C=CN=C(C)/C1=C/NCc1cnc(CCC(F)F)c(C)c1. The van der Waals surface area contributed by atoms with Crippen LogP contribution >= 0.6 is 0 Å². The van der Waals surface area contributed by atoms with Crippen LogP contribution in [0, 0.1) is 6.92 Å². The molecule has 0 bridgehead atoms. The van der Waals surface area contributed by atoms with E-state index in [1.54, 1.807) is 12.4 Å². The average molecular weight is 334 g/mol. The Morgan fingerprint density at radius 3 is 2.79 bits per heavy atom. The summed E-state index contributed by atoms with van der Waals surface area (Å²) in [6.45, 7) is 4.51. The summed E-state index contributed by atoms with van der Waals surface area (Å²) in [4.78, 5) is 8.63. The second kappa shape index (κ2) is 8.68. The van der Waals surface area contributed by atoms with E-state index < -0.39 is 6.43 Å². The molecule has 0 aromatic carbocycles. The van der Waals surface area contributed by atoms with E-state index in [0.717, 1.165) is 28.1 Å². The van der Waals surface area contributed by atoms with Crippen molar-refractivity contribution in [2.45, 2.75) is 45.7 Å². The van der Waals surface area contributed by atoms with Crippen LogP contribution in [-0.2, 0) is 13.0 Å². The molecule has 1 aliphatic heterocycles. The molecule has 0 saturated heterocycles. The van der Waals surface area contributed by atoms with Gasteiger partial charge in [-0.2, -0.15) is 0 Å². The molecular weight excluding hydrogens is 310 g/mol. The molecule has 1 aliphatic rings. The third kappa shape index (κ3) is 4.96. The Hall–Kier alpha value is -2.08. The van der Waals surface area contributed by atoms with Gasteiger partial charge in [0.2, 0.25) is 6.43 Å². The Balaban J connectivity index is 1.97. The molecule has 1 unspecified atom stereocenters. The minimum Gasteiger partial charge on any atom is -0.386 e. The first-order valence-electron chi connectivity index (χ1n) is 8.06. The molecule has 6 heteroatoms. The highest BCUT2D eigenvalue weighted by molar-refractivity contribution is 6.00. The number of aliphatic imine (C=N–C) groups is 1. The highest BCUT2D eigenvalue weighted by atomic mass is 19.3. The zero-order valence-electron chi connectivity index (χ0n) is 14.3. The number of likely N-dealkylation sites (N-methyl/N-ethyl adjacent to an activating group) is 1. The Kier molecular flexibility index (Phi) is 6.61. The number of aromatic nitrogens is 1. The van der Waals surface area contributed by atoms with E-state index in [0.29, 0.717) is 13.0 Å². The fraction of sp³-hybridized carbons (Fsp3) is 0.444. The number of pyridine rings is 1. The van der Waals surface area contributed by atoms with Crippen LogP contribution in [0.3, 0.4) is 0 Å². The van der Waals surface area contributed by atoms with Crippen LogP contribution in [0.15, 0.2) is 41.3 Å². The van der Waals surface area contributed by atoms with E-state index in [9.17, 15) is 8.78 Å². The fourth-order valence-electron chi connectivity index (χ4n) is 2.63. The highest BCUT2D eigenvalue weighted by Gasteiger charge is 2.14. The minimum atomic E-state index is -2.28. The fourth-order valence-corrected chi connectivity index (χ4v) is 2.63. The van der Waals surface area contributed by atoms with Gasteiger partial charge < -0.3 is 10.6 Å². The van der Waals surface area contributed by atoms with Crippen molar-refractivity contribution in [1.82, 2.24) is 15.6 Å². The monoisotopic (exact) mass is 334 g/mol. The van der Waals surface area contributed by atoms with E-state index in [1.807, 2.05) is 39.2 Å². The molecule has 1 aromatic heterocycles. The van der Waals surface area contributed by atoms with Gasteiger partial charge >= 0.3 is 0 Å². The maximum absolute atomic E-state index is 12.3. The number of hydrogen-bond donors (Lipinski definition) is 2. The quantitative estimate of drug-likeness (QED) is 0.805. The molecule has 2 N–H and O–H groups in total. The number of aryl methyl sites for hydroxylation is 2. The van der Waals surface area contributed by atoms with E-state index in [1.165, 1.54) is 0 Å². The summed E-state index contributed by atoms with van der Waals surface area (Å²) in [6, 6.07) is 2.14. The van der Waals surface area contributed by atoms with Crippen LogP contribution in [0.2, 0.25) is 0 Å². The van der Waals surface area contributed by atoms with Gasteiger partial charge in [-0.1, -0.05) is 6.07 Å². The summed E-state index contributed by atoms with van der Waals surface area (Å²) >= 11 is 0. The normalized spacial score (nSPS) is 19.0. The van der Waals surface area contributed by atoms with E-state index in [-0.39, 0.29) is 12.5 Å². The first-order chi connectivity index (χ1) is 11.5. The van der Waals surface area contributed by atoms with Crippen molar-refractivity contribution in [3.63, 3.8) is 0 Å². The van der Waals surface area contributed by atoms with Crippen LogP contribution in [-0.4, -0.2) is 30.2 Å². The molecule has 2 rings (SSSR count). The summed E-state index contributed by atoms with van der Waals surface area (Å²) in [5.74, 6) is 0. The van der Waals surface area contributed by atoms with Crippen LogP contribution in [0.4, 0.5) is 8.78 Å². The predicted molar refractivity (Wildman–Crippen MR) is 93.3 cm³/mol. The predicted octanol–water partition coefficient (Wildman–Crippen LogP) is 3.14. The Labute approximate surface area is 141 Å². The lowest BCUT2D eigenvalue weighted by atomic mass is 10.0. The smallest absolute Gasteiger partial charge is 0.239 e. The number of rotatable bonds is 7. The highest BCUT2D eigenvalue weighted by Crippen LogP contribution is 2.14. The lowest BCUT2D eigenvalue weighted by Crippen LogP contribution is -2.31. The third-order valence-electron chi connectivity index (χ3n) is 4.02. The van der Waals surface area contributed by atoms with Gasteiger partial charge in [-0.05, 0) is 44.5 Å². The number of halogens is 2. The lowest BCUT2D eigenvalue weighted by Gasteiger charge is -2.19. The van der Waals surface area contributed by atoms with Gasteiger partial charge in [0.05, 0.1) is 6.04 Å². The largest absolute Gasteiger partial charge is 0.386 e. The molecule has 24 heavy (non-hydrogen) atoms. The van der Waals surface area contributed by atoms with E-state index >= 15 is 0 Å². The molecular formula is C18H24F2N4. The molecule has 0 aliphatic carbocycles. The van der Waals surface area contributed by atoms with Crippen LogP contribution in [0.1, 0.15) is 30.2 Å². The molecule has 0 saturated carbocycles. The maximum Gasteiger partial charge on any atom is 0.239 e. The summed E-state index contributed by atoms with van der Waals surface area (Å²) in [7, 11) is 1.91. The Morgan fingerprint density at radius 2 is 2.12 bits per heavy atom. The molecule has 0 radical (unpaired) electrons. The maximum atomic E-state index is 12.3. The lowest BCUT2D eigenvalue weighted by molar-refractivity contribution is 0.137. The van der Waals surface area contributed by atoms with Gasteiger partial charge in [-0.3, -0.25) is 9.98 Å². The average Bonchev–Trinajstić information content (AvgIpc) is 2.55.